The molecule has 0 bridgehead atoms. The van der Waals surface area contributed by atoms with Crippen LogP contribution in [0.5, 0.6) is 0 Å². The molecule has 0 amide bonds. The average molecular weight is 511 g/mol. The topological polar surface area (TPSA) is 46.5 Å². The summed E-state index contributed by atoms with van der Waals surface area (Å²) in [6.07, 6.45) is 32.6. The molecule has 3 nitrogen and oxygen atoms in total. The zero-order valence-electron chi connectivity index (χ0n) is 25.0. The normalized spacial score (nSPS) is 13.1. The third-order valence-corrected chi connectivity index (χ3v) is 7.78. The first-order valence-corrected chi connectivity index (χ1v) is 16.5. The molecule has 0 aromatic heterocycles. The number of carbonyl (C=O) groups is 1. The standard InChI is InChI=1S/C33H66O3/c1-4-7-9-11-13-15-17-18-20-21-23-25-27-29-31(33(35)36-6-3)32(34)30-28-26-24-22-19-16-14-12-10-8-5-2/h31-32,34H,4-30H2,1-3H3/t31-,32-/m1/s1. The van der Waals surface area contributed by atoms with Crippen LogP contribution < -0.4 is 0 Å². The van der Waals surface area contributed by atoms with Crippen molar-refractivity contribution in [1.82, 2.24) is 0 Å². The maximum absolute atomic E-state index is 12.5. The number of hydrogen-bond acceptors (Lipinski definition) is 3. The minimum absolute atomic E-state index is 0.188. The van der Waals surface area contributed by atoms with Gasteiger partial charge in [-0.3, -0.25) is 4.79 Å². The van der Waals surface area contributed by atoms with Gasteiger partial charge in [-0.25, -0.2) is 0 Å². The first-order valence-electron chi connectivity index (χ1n) is 16.5. The Morgan fingerprint density at radius 2 is 0.806 bits per heavy atom. The lowest BCUT2D eigenvalue weighted by molar-refractivity contribution is -0.152. The van der Waals surface area contributed by atoms with Crippen LogP contribution in [-0.4, -0.2) is 23.8 Å². The summed E-state index contributed by atoms with van der Waals surface area (Å²) in [5.41, 5.74) is 0. The summed E-state index contributed by atoms with van der Waals surface area (Å²) in [5.74, 6) is -0.521. The fourth-order valence-electron chi connectivity index (χ4n) is 5.32. The number of esters is 1. The Labute approximate surface area is 226 Å². The van der Waals surface area contributed by atoms with Crippen molar-refractivity contribution in [2.45, 2.75) is 194 Å². The summed E-state index contributed by atoms with van der Waals surface area (Å²) in [4.78, 5) is 12.5. The Bertz CT molecular complexity index is 437. The molecule has 0 aromatic carbocycles. The van der Waals surface area contributed by atoms with Gasteiger partial charge in [0.25, 0.3) is 0 Å². The number of hydrogen-bond donors (Lipinski definition) is 1. The van der Waals surface area contributed by atoms with Crippen molar-refractivity contribution in [2.24, 2.45) is 5.92 Å². The van der Waals surface area contributed by atoms with Crippen molar-refractivity contribution in [1.29, 1.82) is 0 Å². The lowest BCUT2D eigenvalue weighted by Crippen LogP contribution is -2.30. The Kier molecular flexibility index (Phi) is 28.5. The molecule has 0 saturated heterocycles. The van der Waals surface area contributed by atoms with Gasteiger partial charge < -0.3 is 9.84 Å². The fraction of sp³-hybridized carbons (Fsp3) is 0.970. The van der Waals surface area contributed by atoms with Gasteiger partial charge in [0.05, 0.1) is 18.6 Å². The number of aliphatic hydroxyl groups is 1. The predicted octanol–water partition coefficient (Wildman–Crippen LogP) is 10.7. The largest absolute Gasteiger partial charge is 0.466 e. The van der Waals surface area contributed by atoms with Gasteiger partial charge in [-0.15, -0.1) is 0 Å². The number of unbranched alkanes of at least 4 members (excludes halogenated alkanes) is 22. The van der Waals surface area contributed by atoms with Crippen LogP contribution in [0.4, 0.5) is 0 Å². The van der Waals surface area contributed by atoms with E-state index in [2.05, 4.69) is 13.8 Å². The summed E-state index contributed by atoms with van der Waals surface area (Å²) in [6.45, 7) is 6.81. The maximum atomic E-state index is 12.5. The van der Waals surface area contributed by atoms with Crippen LogP contribution in [0.3, 0.4) is 0 Å². The fourth-order valence-corrected chi connectivity index (χ4v) is 5.32. The number of carbonyl (C=O) groups excluding carboxylic acids is 1. The van der Waals surface area contributed by atoms with E-state index in [-0.39, 0.29) is 11.9 Å². The molecule has 1 N–H and O–H groups in total. The van der Waals surface area contributed by atoms with E-state index in [9.17, 15) is 9.90 Å². The molecule has 0 aromatic rings. The SMILES string of the molecule is CCCCCCCCCCCCCCC[C@@H](C(=O)OCC)[C@H](O)CCCCCCCCCCCCC. The van der Waals surface area contributed by atoms with Crippen LogP contribution in [0.2, 0.25) is 0 Å². The van der Waals surface area contributed by atoms with E-state index in [1.807, 2.05) is 6.92 Å². The third kappa shape index (κ3) is 23.8. The monoisotopic (exact) mass is 511 g/mol. The molecule has 216 valence electrons. The molecule has 0 rings (SSSR count). The summed E-state index contributed by atoms with van der Waals surface area (Å²) >= 11 is 0. The molecule has 2 atom stereocenters. The second kappa shape index (κ2) is 29.0. The zero-order valence-corrected chi connectivity index (χ0v) is 25.0. The van der Waals surface area contributed by atoms with Crippen molar-refractivity contribution < 1.29 is 14.6 Å². The first-order chi connectivity index (χ1) is 17.7. The highest BCUT2D eigenvalue weighted by molar-refractivity contribution is 5.73. The molecule has 0 saturated carbocycles. The van der Waals surface area contributed by atoms with E-state index >= 15 is 0 Å². The molecule has 0 aliphatic rings. The molecule has 0 unspecified atom stereocenters. The van der Waals surface area contributed by atoms with Gasteiger partial charge in [0, 0.05) is 0 Å². The van der Waals surface area contributed by atoms with E-state index in [1.165, 1.54) is 135 Å². The van der Waals surface area contributed by atoms with Crippen LogP contribution in [0.15, 0.2) is 0 Å². The highest BCUT2D eigenvalue weighted by Gasteiger charge is 2.27. The summed E-state index contributed by atoms with van der Waals surface area (Å²) in [7, 11) is 0. The molecule has 0 fully saturated rings. The molecule has 0 heterocycles. The van der Waals surface area contributed by atoms with Crippen LogP contribution in [0.25, 0.3) is 0 Å². The van der Waals surface area contributed by atoms with Crippen LogP contribution in [0.1, 0.15) is 188 Å². The molecule has 0 aliphatic heterocycles. The van der Waals surface area contributed by atoms with E-state index in [1.54, 1.807) is 0 Å². The van der Waals surface area contributed by atoms with Crippen molar-refractivity contribution in [3.63, 3.8) is 0 Å². The van der Waals surface area contributed by atoms with Crippen LogP contribution >= 0.6 is 0 Å². The Morgan fingerprint density at radius 3 is 1.14 bits per heavy atom. The minimum atomic E-state index is -0.542. The van der Waals surface area contributed by atoms with Gasteiger partial charge >= 0.3 is 5.97 Å². The quantitative estimate of drug-likeness (QED) is 0.0803. The smallest absolute Gasteiger partial charge is 0.311 e. The van der Waals surface area contributed by atoms with Crippen molar-refractivity contribution in [3.05, 3.63) is 0 Å². The molecule has 0 aliphatic carbocycles. The van der Waals surface area contributed by atoms with Crippen LogP contribution in [0, 0.1) is 5.92 Å². The molecule has 0 radical (unpaired) electrons. The Balaban J connectivity index is 3.81. The second-order valence-electron chi connectivity index (χ2n) is 11.3. The van der Waals surface area contributed by atoms with Crippen molar-refractivity contribution in [3.8, 4) is 0 Å². The van der Waals surface area contributed by atoms with Gasteiger partial charge in [-0.2, -0.15) is 0 Å². The maximum Gasteiger partial charge on any atom is 0.311 e. The van der Waals surface area contributed by atoms with Gasteiger partial charge in [-0.05, 0) is 19.8 Å². The van der Waals surface area contributed by atoms with E-state index < -0.39 is 6.10 Å². The summed E-state index contributed by atoms with van der Waals surface area (Å²) < 4.78 is 5.30. The molecular weight excluding hydrogens is 444 g/mol. The summed E-state index contributed by atoms with van der Waals surface area (Å²) in [6, 6.07) is 0. The highest BCUT2D eigenvalue weighted by atomic mass is 16.5. The van der Waals surface area contributed by atoms with Gasteiger partial charge in [0.2, 0.25) is 0 Å². The molecule has 36 heavy (non-hydrogen) atoms. The van der Waals surface area contributed by atoms with E-state index in [4.69, 9.17) is 4.74 Å². The van der Waals surface area contributed by atoms with Gasteiger partial charge in [-0.1, -0.05) is 168 Å². The lowest BCUT2D eigenvalue weighted by atomic mass is 9.91. The third-order valence-electron chi connectivity index (χ3n) is 7.78. The highest BCUT2D eigenvalue weighted by Crippen LogP contribution is 2.22. The number of rotatable bonds is 29. The van der Waals surface area contributed by atoms with E-state index in [0.717, 1.165) is 32.1 Å². The average Bonchev–Trinajstić information content (AvgIpc) is 2.87. The first kappa shape index (κ1) is 35.4. The van der Waals surface area contributed by atoms with Crippen molar-refractivity contribution in [2.75, 3.05) is 6.61 Å². The summed E-state index contributed by atoms with van der Waals surface area (Å²) in [5, 5.41) is 10.7. The molecular formula is C33H66O3. The number of aliphatic hydroxyl groups excluding tert-OH is 1. The second-order valence-corrected chi connectivity index (χ2v) is 11.3. The Hall–Kier alpha value is -0.570. The van der Waals surface area contributed by atoms with Crippen LogP contribution in [-0.2, 0) is 9.53 Å². The molecule has 0 spiro atoms. The van der Waals surface area contributed by atoms with Crippen molar-refractivity contribution >= 4 is 5.97 Å². The predicted molar refractivity (Wildman–Crippen MR) is 158 cm³/mol. The van der Waals surface area contributed by atoms with E-state index in [0.29, 0.717) is 6.61 Å². The minimum Gasteiger partial charge on any atom is -0.466 e. The van der Waals surface area contributed by atoms with Gasteiger partial charge in [0.1, 0.15) is 0 Å². The van der Waals surface area contributed by atoms with Gasteiger partial charge in [0.15, 0.2) is 0 Å². The zero-order chi connectivity index (χ0) is 26.5. The number of ether oxygens (including phenoxy) is 1. The Morgan fingerprint density at radius 1 is 0.500 bits per heavy atom. The molecule has 3 heteroatoms. The lowest BCUT2D eigenvalue weighted by Gasteiger charge is -2.21.